The number of carbonyl (C=O) groups excluding carboxylic acids is 1. The van der Waals surface area contributed by atoms with Gasteiger partial charge in [-0.1, -0.05) is 44.2 Å². The summed E-state index contributed by atoms with van der Waals surface area (Å²) in [6.45, 7) is 3.79. The van der Waals surface area contributed by atoms with Crippen LogP contribution >= 0.6 is 0 Å². The van der Waals surface area contributed by atoms with E-state index in [4.69, 9.17) is 9.84 Å². The van der Waals surface area contributed by atoms with Gasteiger partial charge in [0.1, 0.15) is 0 Å². The Morgan fingerprint density at radius 1 is 1.30 bits per heavy atom. The molecule has 1 amide bonds. The van der Waals surface area contributed by atoms with Crippen LogP contribution in [0.3, 0.4) is 0 Å². The van der Waals surface area contributed by atoms with Crippen molar-refractivity contribution in [2.24, 2.45) is 5.92 Å². The SMILES string of the molecule is CC(C)COC(=O)N[C@@H](Cc1ccccc1)[C@H](O)CO. The molecule has 0 aliphatic heterocycles. The van der Waals surface area contributed by atoms with E-state index in [1.54, 1.807) is 0 Å². The third-order valence-corrected chi connectivity index (χ3v) is 2.80. The lowest BCUT2D eigenvalue weighted by Crippen LogP contribution is -2.46. The zero-order valence-electron chi connectivity index (χ0n) is 12.0. The first-order valence-corrected chi connectivity index (χ1v) is 6.79. The number of hydrogen-bond donors (Lipinski definition) is 3. The van der Waals surface area contributed by atoms with Crippen LogP contribution in [0.25, 0.3) is 0 Å². The van der Waals surface area contributed by atoms with Crippen molar-refractivity contribution >= 4 is 6.09 Å². The Hall–Kier alpha value is -1.59. The summed E-state index contributed by atoms with van der Waals surface area (Å²) in [5.74, 6) is 0.246. The molecule has 1 rings (SSSR count). The van der Waals surface area contributed by atoms with Gasteiger partial charge in [-0.3, -0.25) is 0 Å². The predicted molar refractivity (Wildman–Crippen MR) is 76.3 cm³/mol. The summed E-state index contributed by atoms with van der Waals surface area (Å²) in [7, 11) is 0. The van der Waals surface area contributed by atoms with Gasteiger partial charge >= 0.3 is 6.09 Å². The van der Waals surface area contributed by atoms with Crippen LogP contribution in [0.15, 0.2) is 30.3 Å². The van der Waals surface area contributed by atoms with Gasteiger partial charge in [-0.05, 0) is 17.9 Å². The van der Waals surface area contributed by atoms with E-state index in [2.05, 4.69) is 5.32 Å². The normalized spacial score (nSPS) is 13.8. The van der Waals surface area contributed by atoms with E-state index in [1.165, 1.54) is 0 Å². The third-order valence-electron chi connectivity index (χ3n) is 2.80. The summed E-state index contributed by atoms with van der Waals surface area (Å²) in [6, 6.07) is 8.88. The van der Waals surface area contributed by atoms with Crippen molar-refractivity contribution in [3.8, 4) is 0 Å². The molecule has 0 aliphatic carbocycles. The largest absolute Gasteiger partial charge is 0.449 e. The lowest BCUT2D eigenvalue weighted by molar-refractivity contribution is 0.0570. The summed E-state index contributed by atoms with van der Waals surface area (Å²) in [4.78, 5) is 11.6. The second kappa shape index (κ2) is 8.55. The molecule has 0 radical (unpaired) electrons. The van der Waals surface area contributed by atoms with E-state index in [0.717, 1.165) is 5.56 Å². The highest BCUT2D eigenvalue weighted by atomic mass is 16.5. The molecule has 0 heterocycles. The molecule has 1 aromatic rings. The minimum absolute atomic E-state index is 0.246. The molecular formula is C15H23NO4. The Balaban J connectivity index is 2.58. The molecule has 0 bridgehead atoms. The summed E-state index contributed by atoms with van der Waals surface area (Å²) in [6.07, 6.45) is -1.17. The zero-order chi connectivity index (χ0) is 15.0. The molecule has 0 saturated heterocycles. The van der Waals surface area contributed by atoms with Gasteiger partial charge in [0.15, 0.2) is 0 Å². The number of hydrogen-bond acceptors (Lipinski definition) is 4. The fraction of sp³-hybridized carbons (Fsp3) is 0.533. The number of rotatable bonds is 7. The van der Waals surface area contributed by atoms with E-state index < -0.39 is 24.8 Å². The molecule has 5 heteroatoms. The van der Waals surface area contributed by atoms with Gasteiger partial charge in [0.25, 0.3) is 0 Å². The summed E-state index contributed by atoms with van der Waals surface area (Å²) in [5, 5.41) is 21.5. The maximum Gasteiger partial charge on any atom is 0.407 e. The van der Waals surface area contributed by atoms with Crippen molar-refractivity contribution in [1.29, 1.82) is 0 Å². The lowest BCUT2D eigenvalue weighted by atomic mass is 10.0. The van der Waals surface area contributed by atoms with Crippen molar-refractivity contribution in [2.75, 3.05) is 13.2 Å². The standard InChI is InChI=1S/C15H23NO4/c1-11(2)10-20-15(19)16-13(14(18)9-17)8-12-6-4-3-5-7-12/h3-7,11,13-14,17-18H,8-10H2,1-2H3,(H,16,19)/t13-,14+/m0/s1. The van der Waals surface area contributed by atoms with E-state index in [-0.39, 0.29) is 5.92 Å². The molecule has 3 N–H and O–H groups in total. The van der Waals surface area contributed by atoms with Crippen molar-refractivity contribution < 1.29 is 19.7 Å². The Morgan fingerprint density at radius 2 is 1.95 bits per heavy atom. The topological polar surface area (TPSA) is 78.8 Å². The highest BCUT2D eigenvalue weighted by Crippen LogP contribution is 2.07. The van der Waals surface area contributed by atoms with Crippen LogP contribution in [-0.4, -0.2) is 41.7 Å². The van der Waals surface area contributed by atoms with Crippen LogP contribution in [0.5, 0.6) is 0 Å². The molecule has 0 spiro atoms. The second-order valence-corrected chi connectivity index (χ2v) is 5.18. The number of benzene rings is 1. The number of aliphatic hydroxyl groups is 2. The number of alkyl carbamates (subject to hydrolysis) is 1. The maximum absolute atomic E-state index is 11.6. The Kier molecular flexibility index (Phi) is 7.04. The van der Waals surface area contributed by atoms with Gasteiger partial charge in [-0.25, -0.2) is 4.79 Å². The molecule has 20 heavy (non-hydrogen) atoms. The fourth-order valence-electron chi connectivity index (χ4n) is 1.71. The van der Waals surface area contributed by atoms with E-state index >= 15 is 0 Å². The van der Waals surface area contributed by atoms with Gasteiger partial charge in [-0.2, -0.15) is 0 Å². The first kappa shape index (κ1) is 16.5. The van der Waals surface area contributed by atoms with Crippen molar-refractivity contribution in [2.45, 2.75) is 32.4 Å². The summed E-state index contributed by atoms with van der Waals surface area (Å²) in [5.41, 5.74) is 0.967. The Bertz CT molecular complexity index is 394. The number of aliphatic hydroxyl groups excluding tert-OH is 2. The van der Waals surface area contributed by atoms with Crippen molar-refractivity contribution in [3.63, 3.8) is 0 Å². The predicted octanol–water partition coefficient (Wildman–Crippen LogP) is 1.33. The molecule has 0 fully saturated rings. The van der Waals surface area contributed by atoms with Crippen molar-refractivity contribution in [3.05, 3.63) is 35.9 Å². The van der Waals surface area contributed by atoms with Gasteiger partial charge in [-0.15, -0.1) is 0 Å². The maximum atomic E-state index is 11.6. The Morgan fingerprint density at radius 3 is 2.50 bits per heavy atom. The summed E-state index contributed by atoms with van der Waals surface area (Å²) >= 11 is 0. The first-order chi connectivity index (χ1) is 9.52. The number of amides is 1. The van der Waals surface area contributed by atoms with Crippen LogP contribution in [0.1, 0.15) is 19.4 Å². The zero-order valence-corrected chi connectivity index (χ0v) is 12.0. The average molecular weight is 281 g/mol. The highest BCUT2D eigenvalue weighted by Gasteiger charge is 2.21. The number of carbonyl (C=O) groups is 1. The molecular weight excluding hydrogens is 258 g/mol. The molecule has 0 aromatic heterocycles. The summed E-state index contributed by atoms with van der Waals surface area (Å²) < 4.78 is 5.02. The molecule has 0 saturated carbocycles. The van der Waals surface area contributed by atoms with Crippen LogP contribution < -0.4 is 5.32 Å². The minimum Gasteiger partial charge on any atom is -0.449 e. The smallest absolute Gasteiger partial charge is 0.407 e. The van der Waals surface area contributed by atoms with Crippen LogP contribution in [0.4, 0.5) is 4.79 Å². The second-order valence-electron chi connectivity index (χ2n) is 5.18. The van der Waals surface area contributed by atoms with Crippen LogP contribution in [0, 0.1) is 5.92 Å². The number of ether oxygens (including phenoxy) is 1. The van der Waals surface area contributed by atoms with Gasteiger partial charge in [0, 0.05) is 0 Å². The van der Waals surface area contributed by atoms with Gasteiger partial charge in [0.05, 0.1) is 25.4 Å². The quantitative estimate of drug-likeness (QED) is 0.704. The molecule has 2 atom stereocenters. The van der Waals surface area contributed by atoms with E-state index in [0.29, 0.717) is 13.0 Å². The minimum atomic E-state index is -1.03. The molecule has 5 nitrogen and oxygen atoms in total. The van der Waals surface area contributed by atoms with Crippen molar-refractivity contribution in [1.82, 2.24) is 5.32 Å². The van der Waals surface area contributed by atoms with Gasteiger partial charge in [0.2, 0.25) is 0 Å². The van der Waals surface area contributed by atoms with Crippen LogP contribution in [-0.2, 0) is 11.2 Å². The lowest BCUT2D eigenvalue weighted by Gasteiger charge is -2.23. The molecule has 112 valence electrons. The Labute approximate surface area is 119 Å². The molecule has 1 aromatic carbocycles. The van der Waals surface area contributed by atoms with E-state index in [1.807, 2.05) is 44.2 Å². The number of nitrogens with one attached hydrogen (secondary N) is 1. The third kappa shape index (κ3) is 6.04. The fourth-order valence-corrected chi connectivity index (χ4v) is 1.71. The molecule has 0 aliphatic rings. The molecule has 0 unspecified atom stereocenters. The first-order valence-electron chi connectivity index (χ1n) is 6.79. The van der Waals surface area contributed by atoms with Crippen LogP contribution in [0.2, 0.25) is 0 Å². The highest BCUT2D eigenvalue weighted by molar-refractivity contribution is 5.67. The van der Waals surface area contributed by atoms with Gasteiger partial charge < -0.3 is 20.3 Å². The average Bonchev–Trinajstić information content (AvgIpc) is 2.44. The monoisotopic (exact) mass is 281 g/mol. The van der Waals surface area contributed by atoms with E-state index in [9.17, 15) is 9.90 Å².